The number of rotatable bonds is 7. The Bertz CT molecular complexity index is 1100. The average Bonchev–Trinajstić information content (AvgIpc) is 3.50. The van der Waals surface area contributed by atoms with Gasteiger partial charge < -0.3 is 14.2 Å². The second-order valence-corrected chi connectivity index (χ2v) is 9.14. The van der Waals surface area contributed by atoms with Crippen LogP contribution in [0.5, 0.6) is 0 Å². The van der Waals surface area contributed by atoms with Gasteiger partial charge in [0.05, 0.1) is 11.2 Å². The largest absolute Gasteiger partial charge is 0.469 e. The van der Waals surface area contributed by atoms with Crippen LogP contribution in [-0.2, 0) is 16.4 Å². The summed E-state index contributed by atoms with van der Waals surface area (Å²) in [6.45, 7) is 2.94. The molecule has 4 rings (SSSR count). The number of sulfonamides is 1. The SMILES string of the molecule is C[C@H](Cc1ccco1)NC(=O)c1nnc(-c2ccc(S(=O)(=O)N3CCCC3)cc2)o1. The Morgan fingerprint density at radius 1 is 1.17 bits per heavy atom. The van der Waals surface area contributed by atoms with Crippen molar-refractivity contribution in [3.8, 4) is 11.5 Å². The zero-order valence-corrected chi connectivity index (χ0v) is 17.3. The number of nitrogens with one attached hydrogen (secondary N) is 1. The standard InChI is InChI=1S/C20H22N4O5S/c1-14(13-16-5-4-12-28-16)21-18(25)20-23-22-19(29-20)15-6-8-17(9-7-15)30(26,27)24-10-2-3-11-24/h4-9,12,14H,2-3,10-11,13H2,1H3,(H,21,25)/t14-/m1/s1. The van der Waals surface area contributed by atoms with Gasteiger partial charge in [-0.15, -0.1) is 10.2 Å². The van der Waals surface area contributed by atoms with Crippen LogP contribution in [-0.4, -0.2) is 48.0 Å². The van der Waals surface area contributed by atoms with Crippen molar-refractivity contribution in [2.45, 2.75) is 37.1 Å². The molecule has 1 aliphatic rings. The summed E-state index contributed by atoms with van der Waals surface area (Å²) in [6.07, 6.45) is 3.87. The molecule has 3 aromatic rings. The van der Waals surface area contributed by atoms with Crippen molar-refractivity contribution in [2.24, 2.45) is 0 Å². The van der Waals surface area contributed by atoms with Crippen LogP contribution < -0.4 is 5.32 Å². The number of amides is 1. The fourth-order valence-electron chi connectivity index (χ4n) is 3.35. The first-order chi connectivity index (χ1) is 14.4. The quantitative estimate of drug-likeness (QED) is 0.612. The summed E-state index contributed by atoms with van der Waals surface area (Å²) in [5.41, 5.74) is 0.533. The van der Waals surface area contributed by atoms with Gasteiger partial charge in [0.15, 0.2) is 0 Å². The molecule has 10 heteroatoms. The molecule has 9 nitrogen and oxygen atoms in total. The fourth-order valence-corrected chi connectivity index (χ4v) is 4.86. The van der Waals surface area contributed by atoms with Gasteiger partial charge in [-0.1, -0.05) is 0 Å². The van der Waals surface area contributed by atoms with Crippen LogP contribution in [0.25, 0.3) is 11.5 Å². The van der Waals surface area contributed by atoms with Crippen molar-refractivity contribution in [1.29, 1.82) is 0 Å². The predicted molar refractivity (Wildman–Crippen MR) is 107 cm³/mol. The minimum atomic E-state index is -3.49. The molecule has 1 amide bonds. The number of hydrogen-bond donors (Lipinski definition) is 1. The molecule has 1 aromatic carbocycles. The van der Waals surface area contributed by atoms with E-state index in [4.69, 9.17) is 8.83 Å². The molecule has 0 bridgehead atoms. The highest BCUT2D eigenvalue weighted by Crippen LogP contribution is 2.24. The number of benzene rings is 1. The molecule has 2 aromatic heterocycles. The summed E-state index contributed by atoms with van der Waals surface area (Å²) >= 11 is 0. The van der Waals surface area contributed by atoms with E-state index in [1.807, 2.05) is 13.0 Å². The second kappa shape index (κ2) is 8.41. The topological polar surface area (TPSA) is 119 Å². The molecule has 0 unspecified atom stereocenters. The number of nitrogens with zero attached hydrogens (tertiary/aromatic N) is 3. The second-order valence-electron chi connectivity index (χ2n) is 7.21. The zero-order valence-electron chi connectivity index (χ0n) is 16.4. The number of aromatic nitrogens is 2. The Labute approximate surface area is 174 Å². The first-order valence-corrected chi connectivity index (χ1v) is 11.1. The van der Waals surface area contributed by atoms with Gasteiger partial charge in [0.25, 0.3) is 0 Å². The van der Waals surface area contributed by atoms with Crippen molar-refractivity contribution in [1.82, 2.24) is 19.8 Å². The van der Waals surface area contributed by atoms with Gasteiger partial charge >= 0.3 is 11.8 Å². The van der Waals surface area contributed by atoms with Crippen LogP contribution >= 0.6 is 0 Å². The Hall–Kier alpha value is -2.98. The van der Waals surface area contributed by atoms with Crippen LogP contribution in [0.1, 0.15) is 36.2 Å². The molecule has 158 valence electrons. The van der Waals surface area contributed by atoms with E-state index < -0.39 is 15.9 Å². The van der Waals surface area contributed by atoms with Gasteiger partial charge in [-0.3, -0.25) is 4.79 Å². The molecule has 1 aliphatic heterocycles. The minimum Gasteiger partial charge on any atom is -0.469 e. The lowest BCUT2D eigenvalue weighted by Gasteiger charge is -2.15. The third-order valence-electron chi connectivity index (χ3n) is 4.89. The van der Waals surface area contributed by atoms with E-state index in [1.54, 1.807) is 24.5 Å². The number of furan rings is 1. The highest BCUT2D eigenvalue weighted by atomic mass is 32.2. The van der Waals surface area contributed by atoms with Crippen LogP contribution in [0.2, 0.25) is 0 Å². The first kappa shape index (κ1) is 20.3. The van der Waals surface area contributed by atoms with E-state index in [0.717, 1.165) is 18.6 Å². The highest BCUT2D eigenvalue weighted by Gasteiger charge is 2.27. The molecule has 1 atom stereocenters. The van der Waals surface area contributed by atoms with E-state index in [9.17, 15) is 13.2 Å². The number of carbonyl (C=O) groups is 1. The van der Waals surface area contributed by atoms with Crippen LogP contribution in [0.4, 0.5) is 0 Å². The molecule has 3 heterocycles. The van der Waals surface area contributed by atoms with Gasteiger partial charge in [0, 0.05) is 31.1 Å². The molecule has 1 saturated heterocycles. The van der Waals surface area contributed by atoms with Crippen molar-refractivity contribution in [3.63, 3.8) is 0 Å². The van der Waals surface area contributed by atoms with Crippen molar-refractivity contribution in [2.75, 3.05) is 13.1 Å². The normalized spacial score (nSPS) is 15.9. The lowest BCUT2D eigenvalue weighted by atomic mass is 10.2. The summed E-state index contributed by atoms with van der Waals surface area (Å²) in [6, 6.07) is 9.65. The van der Waals surface area contributed by atoms with Gasteiger partial charge in [0.1, 0.15) is 5.76 Å². The van der Waals surface area contributed by atoms with E-state index in [1.165, 1.54) is 16.4 Å². The summed E-state index contributed by atoms with van der Waals surface area (Å²) in [7, 11) is -3.49. The van der Waals surface area contributed by atoms with E-state index in [2.05, 4.69) is 15.5 Å². The van der Waals surface area contributed by atoms with Crippen molar-refractivity contribution < 1.29 is 22.0 Å². The Kier molecular flexibility index (Phi) is 5.69. The summed E-state index contributed by atoms with van der Waals surface area (Å²) in [5.74, 6) is 0.257. The van der Waals surface area contributed by atoms with Crippen LogP contribution in [0, 0.1) is 0 Å². The fraction of sp³-hybridized carbons (Fsp3) is 0.350. The van der Waals surface area contributed by atoms with Gasteiger partial charge in [-0.2, -0.15) is 4.31 Å². The minimum absolute atomic E-state index is 0.143. The summed E-state index contributed by atoms with van der Waals surface area (Å²) in [5, 5.41) is 10.5. The molecule has 0 spiro atoms. The van der Waals surface area contributed by atoms with Gasteiger partial charge in [-0.05, 0) is 56.2 Å². The molecule has 0 radical (unpaired) electrons. The van der Waals surface area contributed by atoms with Crippen LogP contribution in [0.15, 0.2) is 56.4 Å². The number of carbonyl (C=O) groups excluding carboxylic acids is 1. The van der Waals surface area contributed by atoms with E-state index in [-0.39, 0.29) is 22.7 Å². The summed E-state index contributed by atoms with van der Waals surface area (Å²) < 4.78 is 37.4. The summed E-state index contributed by atoms with van der Waals surface area (Å²) in [4.78, 5) is 12.6. The van der Waals surface area contributed by atoms with E-state index >= 15 is 0 Å². The van der Waals surface area contributed by atoms with Crippen molar-refractivity contribution in [3.05, 3.63) is 54.3 Å². The highest BCUT2D eigenvalue weighted by molar-refractivity contribution is 7.89. The lowest BCUT2D eigenvalue weighted by Crippen LogP contribution is -2.34. The number of hydrogen-bond acceptors (Lipinski definition) is 7. The van der Waals surface area contributed by atoms with E-state index in [0.29, 0.717) is 25.1 Å². The molecular weight excluding hydrogens is 408 g/mol. The molecule has 0 saturated carbocycles. The third kappa shape index (κ3) is 4.29. The maximum atomic E-state index is 12.6. The maximum Gasteiger partial charge on any atom is 0.309 e. The van der Waals surface area contributed by atoms with Crippen LogP contribution in [0.3, 0.4) is 0 Å². The predicted octanol–water partition coefficient (Wildman–Crippen LogP) is 2.48. The molecule has 1 N–H and O–H groups in total. The molecule has 0 aliphatic carbocycles. The Balaban J connectivity index is 1.42. The molecule has 30 heavy (non-hydrogen) atoms. The first-order valence-electron chi connectivity index (χ1n) is 9.71. The maximum absolute atomic E-state index is 12.6. The smallest absolute Gasteiger partial charge is 0.309 e. The Morgan fingerprint density at radius 2 is 1.90 bits per heavy atom. The monoisotopic (exact) mass is 430 g/mol. The van der Waals surface area contributed by atoms with Gasteiger partial charge in [0.2, 0.25) is 15.9 Å². The van der Waals surface area contributed by atoms with Gasteiger partial charge in [-0.25, -0.2) is 8.42 Å². The molecular formula is C20H22N4O5S. The lowest BCUT2D eigenvalue weighted by molar-refractivity contribution is 0.0905. The average molecular weight is 430 g/mol. The Morgan fingerprint density at radius 3 is 2.57 bits per heavy atom. The molecule has 1 fully saturated rings. The van der Waals surface area contributed by atoms with Crippen molar-refractivity contribution >= 4 is 15.9 Å². The zero-order chi connectivity index (χ0) is 21.1. The third-order valence-corrected chi connectivity index (χ3v) is 6.80.